The molecule has 2 aromatic rings. The molecule has 2 fully saturated rings. The van der Waals surface area contributed by atoms with Crippen LogP contribution in [0.5, 0.6) is 0 Å². The summed E-state index contributed by atoms with van der Waals surface area (Å²) in [5, 5.41) is 1.60. The molecule has 0 N–H and O–H groups in total. The molecule has 1 aromatic carbocycles. The molecule has 5 heteroatoms. The molecule has 1 aromatic heterocycles. The average molecular weight is 347 g/mol. The topological polar surface area (TPSA) is 33.2 Å². The van der Waals surface area contributed by atoms with Crippen molar-refractivity contribution in [2.75, 3.05) is 6.54 Å². The quantitative estimate of drug-likeness (QED) is 0.780. The van der Waals surface area contributed by atoms with Gasteiger partial charge in [-0.3, -0.25) is 4.79 Å². The van der Waals surface area contributed by atoms with Crippen molar-refractivity contribution in [3.05, 3.63) is 39.9 Å². The first-order valence-electron chi connectivity index (χ1n) is 8.16. The minimum Gasteiger partial charge on any atom is -0.335 e. The van der Waals surface area contributed by atoms with E-state index in [9.17, 15) is 4.79 Å². The number of hydrogen-bond donors (Lipinski definition) is 0. The number of nitrogens with zero attached hydrogens (tertiary/aromatic N) is 2. The summed E-state index contributed by atoms with van der Waals surface area (Å²) in [4.78, 5) is 20.5. The summed E-state index contributed by atoms with van der Waals surface area (Å²) in [7, 11) is 0. The van der Waals surface area contributed by atoms with Crippen molar-refractivity contribution in [2.45, 2.75) is 38.6 Å². The number of aromatic nitrogens is 1. The molecule has 0 spiro atoms. The van der Waals surface area contributed by atoms with Crippen LogP contribution in [-0.4, -0.2) is 28.4 Å². The largest absolute Gasteiger partial charge is 0.335 e. The predicted molar refractivity (Wildman–Crippen MR) is 94.1 cm³/mol. The fraction of sp³-hybridized carbons (Fsp3) is 0.444. The number of amides is 1. The van der Waals surface area contributed by atoms with E-state index in [-0.39, 0.29) is 5.91 Å². The second-order valence-corrected chi connectivity index (χ2v) is 8.01. The van der Waals surface area contributed by atoms with Crippen LogP contribution in [-0.2, 0) is 0 Å². The molecule has 4 rings (SSSR count). The molecular weight excluding hydrogens is 328 g/mol. The van der Waals surface area contributed by atoms with Crippen LogP contribution < -0.4 is 0 Å². The van der Waals surface area contributed by atoms with Crippen LogP contribution in [0.25, 0.3) is 10.6 Å². The van der Waals surface area contributed by atoms with Gasteiger partial charge in [0.15, 0.2) is 0 Å². The van der Waals surface area contributed by atoms with Gasteiger partial charge >= 0.3 is 0 Å². The standard InChI is InChI=1S/C18H19ClN2OS/c1-11-16(18(22)21(15-8-9-15)10-12-2-3-12)23-17(20-11)13-4-6-14(19)7-5-13/h4-7,12,15H,2-3,8-10H2,1H3. The highest BCUT2D eigenvalue weighted by molar-refractivity contribution is 7.17. The number of carbonyl (C=O) groups excluding carboxylic acids is 1. The van der Waals surface area contributed by atoms with Crippen LogP contribution in [0.2, 0.25) is 5.02 Å². The van der Waals surface area contributed by atoms with Crippen LogP contribution >= 0.6 is 22.9 Å². The lowest BCUT2D eigenvalue weighted by atomic mass is 10.2. The van der Waals surface area contributed by atoms with E-state index >= 15 is 0 Å². The van der Waals surface area contributed by atoms with Crippen molar-refractivity contribution in [1.82, 2.24) is 9.88 Å². The molecule has 3 nitrogen and oxygen atoms in total. The van der Waals surface area contributed by atoms with Gasteiger partial charge in [0.05, 0.1) is 5.69 Å². The van der Waals surface area contributed by atoms with Gasteiger partial charge in [-0.1, -0.05) is 23.7 Å². The molecule has 2 aliphatic carbocycles. The van der Waals surface area contributed by atoms with Gasteiger partial charge in [0.2, 0.25) is 0 Å². The Morgan fingerprint density at radius 2 is 1.96 bits per heavy atom. The minimum atomic E-state index is 0.176. The Morgan fingerprint density at radius 1 is 1.26 bits per heavy atom. The Morgan fingerprint density at radius 3 is 2.57 bits per heavy atom. The highest BCUT2D eigenvalue weighted by Gasteiger charge is 2.38. The maximum Gasteiger partial charge on any atom is 0.266 e. The normalized spacial score (nSPS) is 17.3. The van der Waals surface area contributed by atoms with Crippen LogP contribution in [0, 0.1) is 12.8 Å². The first-order chi connectivity index (χ1) is 11.1. The molecule has 1 amide bonds. The predicted octanol–water partition coefficient (Wildman–Crippen LogP) is 4.79. The molecule has 2 saturated carbocycles. The van der Waals surface area contributed by atoms with E-state index in [0.29, 0.717) is 11.1 Å². The van der Waals surface area contributed by atoms with Gasteiger partial charge in [0, 0.05) is 23.2 Å². The van der Waals surface area contributed by atoms with Crippen molar-refractivity contribution in [2.24, 2.45) is 5.92 Å². The van der Waals surface area contributed by atoms with E-state index < -0.39 is 0 Å². The fourth-order valence-electron chi connectivity index (χ4n) is 2.80. The molecule has 120 valence electrons. The highest BCUT2D eigenvalue weighted by atomic mass is 35.5. The zero-order valence-electron chi connectivity index (χ0n) is 13.1. The minimum absolute atomic E-state index is 0.176. The number of thiazole rings is 1. The van der Waals surface area contributed by atoms with E-state index in [1.165, 1.54) is 24.2 Å². The molecule has 0 radical (unpaired) electrons. The third-order valence-corrected chi connectivity index (χ3v) is 5.93. The van der Waals surface area contributed by atoms with Crippen LogP contribution in [0.1, 0.15) is 41.0 Å². The first kappa shape index (κ1) is 15.2. The van der Waals surface area contributed by atoms with Crippen LogP contribution in [0.3, 0.4) is 0 Å². The Hall–Kier alpha value is -1.39. The summed E-state index contributed by atoms with van der Waals surface area (Å²) >= 11 is 7.45. The van der Waals surface area contributed by atoms with Gasteiger partial charge in [-0.05, 0) is 50.7 Å². The highest BCUT2D eigenvalue weighted by Crippen LogP contribution is 2.37. The first-order valence-corrected chi connectivity index (χ1v) is 9.35. The molecular formula is C18H19ClN2OS. The second kappa shape index (κ2) is 5.91. The van der Waals surface area contributed by atoms with Crippen molar-refractivity contribution in [3.8, 4) is 10.6 Å². The van der Waals surface area contributed by atoms with Gasteiger partial charge in [-0.2, -0.15) is 0 Å². The zero-order chi connectivity index (χ0) is 16.0. The Balaban J connectivity index is 1.60. The molecule has 23 heavy (non-hydrogen) atoms. The maximum absolute atomic E-state index is 13.0. The molecule has 2 aliphatic rings. The van der Waals surface area contributed by atoms with Crippen molar-refractivity contribution in [3.63, 3.8) is 0 Å². The lowest BCUT2D eigenvalue weighted by Crippen LogP contribution is -2.34. The van der Waals surface area contributed by atoms with E-state index in [4.69, 9.17) is 11.6 Å². The second-order valence-electron chi connectivity index (χ2n) is 6.57. The fourth-order valence-corrected chi connectivity index (χ4v) is 3.96. The van der Waals surface area contributed by atoms with Gasteiger partial charge in [-0.25, -0.2) is 4.98 Å². The summed E-state index contributed by atoms with van der Waals surface area (Å²) in [6, 6.07) is 8.09. The SMILES string of the molecule is Cc1nc(-c2ccc(Cl)cc2)sc1C(=O)N(CC1CC1)C1CC1. The Bertz CT molecular complexity index is 732. The van der Waals surface area contributed by atoms with Gasteiger partial charge in [0.1, 0.15) is 9.88 Å². The lowest BCUT2D eigenvalue weighted by molar-refractivity contribution is 0.0739. The Kier molecular flexibility index (Phi) is 3.90. The van der Waals surface area contributed by atoms with Crippen LogP contribution in [0.4, 0.5) is 0 Å². The van der Waals surface area contributed by atoms with E-state index in [0.717, 1.165) is 46.4 Å². The molecule has 0 bridgehead atoms. The van der Waals surface area contributed by atoms with E-state index in [2.05, 4.69) is 9.88 Å². The summed E-state index contributed by atoms with van der Waals surface area (Å²) in [6.07, 6.45) is 4.85. The molecule has 0 aliphatic heterocycles. The third kappa shape index (κ3) is 3.29. The molecule has 0 unspecified atom stereocenters. The number of benzene rings is 1. The van der Waals surface area contributed by atoms with E-state index in [1.807, 2.05) is 31.2 Å². The van der Waals surface area contributed by atoms with E-state index in [1.54, 1.807) is 0 Å². The smallest absolute Gasteiger partial charge is 0.266 e. The third-order valence-electron chi connectivity index (χ3n) is 4.48. The number of carbonyl (C=O) groups is 1. The summed E-state index contributed by atoms with van der Waals surface area (Å²) < 4.78 is 0. The number of hydrogen-bond acceptors (Lipinski definition) is 3. The Labute approximate surface area is 145 Å². The van der Waals surface area contributed by atoms with Crippen molar-refractivity contribution in [1.29, 1.82) is 0 Å². The maximum atomic E-state index is 13.0. The summed E-state index contributed by atoms with van der Waals surface area (Å²) in [5.41, 5.74) is 1.85. The summed E-state index contributed by atoms with van der Waals surface area (Å²) in [6.45, 7) is 2.86. The van der Waals surface area contributed by atoms with Crippen molar-refractivity contribution < 1.29 is 4.79 Å². The van der Waals surface area contributed by atoms with Gasteiger partial charge in [-0.15, -0.1) is 11.3 Å². The zero-order valence-corrected chi connectivity index (χ0v) is 14.7. The molecule has 0 saturated heterocycles. The number of aryl methyl sites for hydroxylation is 1. The molecule has 0 atom stereocenters. The lowest BCUT2D eigenvalue weighted by Gasteiger charge is -2.21. The monoisotopic (exact) mass is 346 g/mol. The van der Waals surface area contributed by atoms with Crippen LogP contribution in [0.15, 0.2) is 24.3 Å². The average Bonchev–Trinajstić information content (AvgIpc) is 3.44. The molecule has 1 heterocycles. The number of rotatable bonds is 5. The van der Waals surface area contributed by atoms with Gasteiger partial charge < -0.3 is 4.90 Å². The summed E-state index contributed by atoms with van der Waals surface area (Å²) in [5.74, 6) is 0.901. The van der Waals surface area contributed by atoms with Gasteiger partial charge in [0.25, 0.3) is 5.91 Å². The number of halogens is 1. The van der Waals surface area contributed by atoms with Crippen molar-refractivity contribution >= 4 is 28.8 Å².